The monoisotopic (exact) mass is 376 g/mol. The van der Waals surface area contributed by atoms with Crippen LogP contribution in [0.4, 0.5) is 5.69 Å². The molecule has 0 radical (unpaired) electrons. The molecule has 5 heteroatoms. The Morgan fingerprint density at radius 3 is 2.61 bits per heavy atom. The molecule has 0 spiro atoms. The highest BCUT2D eigenvalue weighted by atomic mass is 79.9. The molecule has 0 fully saturated rings. The average Bonchev–Trinajstić information content (AvgIpc) is 2.55. The molecular formula is C18H21BrN2O2. The Balaban J connectivity index is 1.62. The van der Waals surface area contributed by atoms with Gasteiger partial charge in [0.15, 0.2) is 0 Å². The summed E-state index contributed by atoms with van der Waals surface area (Å²) in [5, 5.41) is 6.17. The smallest absolute Gasteiger partial charge is 0.225 e. The lowest BCUT2D eigenvalue weighted by Gasteiger charge is -2.07. The second-order valence-corrected chi connectivity index (χ2v) is 6.07. The second-order valence-electron chi connectivity index (χ2n) is 5.16. The van der Waals surface area contributed by atoms with Crippen molar-refractivity contribution in [3.8, 4) is 5.75 Å². The van der Waals surface area contributed by atoms with E-state index in [-0.39, 0.29) is 5.91 Å². The van der Waals surface area contributed by atoms with E-state index in [4.69, 9.17) is 4.74 Å². The lowest BCUT2D eigenvalue weighted by molar-refractivity contribution is -0.116. The van der Waals surface area contributed by atoms with Crippen molar-refractivity contribution < 1.29 is 9.53 Å². The first-order valence-electron chi connectivity index (χ1n) is 7.56. The minimum absolute atomic E-state index is 0.0139. The summed E-state index contributed by atoms with van der Waals surface area (Å²) in [6.45, 7) is 1.51. The van der Waals surface area contributed by atoms with Gasteiger partial charge in [0, 0.05) is 23.1 Å². The van der Waals surface area contributed by atoms with E-state index in [0.717, 1.165) is 28.9 Å². The molecule has 2 aromatic rings. The van der Waals surface area contributed by atoms with Crippen LogP contribution in [0.2, 0.25) is 0 Å². The Hall–Kier alpha value is -1.85. The Kier molecular flexibility index (Phi) is 7.10. The summed E-state index contributed by atoms with van der Waals surface area (Å²) in [5.74, 6) is 0.881. The van der Waals surface area contributed by atoms with E-state index in [1.54, 1.807) is 7.11 Å². The Labute approximate surface area is 145 Å². The highest BCUT2D eigenvalue weighted by Crippen LogP contribution is 2.15. The molecule has 2 N–H and O–H groups in total. The zero-order valence-corrected chi connectivity index (χ0v) is 14.7. The molecule has 0 heterocycles. The first-order chi connectivity index (χ1) is 11.2. The standard InChI is InChI=1S/C18H21BrN2O2/c1-23-17-7-5-14(6-8-17)9-11-20-12-10-18(22)21-16-4-2-3-15(19)13-16/h2-8,13,20H,9-12H2,1H3,(H,21,22). The number of carbonyl (C=O) groups excluding carboxylic acids is 1. The van der Waals surface area contributed by atoms with Gasteiger partial charge in [-0.1, -0.05) is 34.1 Å². The lowest BCUT2D eigenvalue weighted by Crippen LogP contribution is -2.23. The van der Waals surface area contributed by atoms with Gasteiger partial charge < -0.3 is 15.4 Å². The normalized spacial score (nSPS) is 10.3. The predicted molar refractivity (Wildman–Crippen MR) is 97.0 cm³/mol. The SMILES string of the molecule is COc1ccc(CCNCCC(=O)Nc2cccc(Br)c2)cc1. The molecule has 0 aromatic heterocycles. The topological polar surface area (TPSA) is 50.4 Å². The third-order valence-corrected chi connectivity index (χ3v) is 3.88. The van der Waals surface area contributed by atoms with E-state index < -0.39 is 0 Å². The predicted octanol–water partition coefficient (Wildman–Crippen LogP) is 3.62. The molecule has 0 saturated carbocycles. The highest BCUT2D eigenvalue weighted by Gasteiger charge is 2.02. The fraction of sp³-hybridized carbons (Fsp3) is 0.278. The molecular weight excluding hydrogens is 356 g/mol. The van der Waals surface area contributed by atoms with Crippen LogP contribution in [0.1, 0.15) is 12.0 Å². The number of hydrogen-bond acceptors (Lipinski definition) is 3. The van der Waals surface area contributed by atoms with Crippen molar-refractivity contribution in [2.75, 3.05) is 25.5 Å². The summed E-state index contributed by atoms with van der Waals surface area (Å²) >= 11 is 3.38. The molecule has 0 bridgehead atoms. The molecule has 0 unspecified atom stereocenters. The number of hydrogen-bond donors (Lipinski definition) is 2. The highest BCUT2D eigenvalue weighted by molar-refractivity contribution is 9.10. The third-order valence-electron chi connectivity index (χ3n) is 3.39. The van der Waals surface area contributed by atoms with Gasteiger partial charge in [0.2, 0.25) is 5.91 Å². The molecule has 23 heavy (non-hydrogen) atoms. The zero-order valence-electron chi connectivity index (χ0n) is 13.1. The van der Waals surface area contributed by atoms with Gasteiger partial charge in [0.1, 0.15) is 5.75 Å². The van der Waals surface area contributed by atoms with Crippen LogP contribution in [0.5, 0.6) is 5.75 Å². The zero-order chi connectivity index (χ0) is 16.5. The van der Waals surface area contributed by atoms with Crippen LogP contribution in [-0.4, -0.2) is 26.1 Å². The second kappa shape index (κ2) is 9.33. The maximum Gasteiger partial charge on any atom is 0.225 e. The molecule has 2 aromatic carbocycles. The quantitative estimate of drug-likeness (QED) is 0.691. The molecule has 2 rings (SSSR count). The van der Waals surface area contributed by atoms with Gasteiger partial charge in [-0.25, -0.2) is 0 Å². The molecule has 0 atom stereocenters. The van der Waals surface area contributed by atoms with Crippen LogP contribution >= 0.6 is 15.9 Å². The van der Waals surface area contributed by atoms with Crippen molar-refractivity contribution in [1.29, 1.82) is 0 Å². The minimum atomic E-state index is 0.0139. The van der Waals surface area contributed by atoms with Crippen molar-refractivity contribution in [2.45, 2.75) is 12.8 Å². The first kappa shape index (κ1) is 17.5. The third kappa shape index (κ3) is 6.42. The van der Waals surface area contributed by atoms with E-state index >= 15 is 0 Å². The molecule has 0 aliphatic carbocycles. The number of ether oxygens (including phenoxy) is 1. The number of amides is 1. The maximum atomic E-state index is 11.8. The number of benzene rings is 2. The van der Waals surface area contributed by atoms with E-state index in [9.17, 15) is 4.79 Å². The summed E-state index contributed by atoms with van der Waals surface area (Å²) in [6.07, 6.45) is 1.38. The fourth-order valence-electron chi connectivity index (χ4n) is 2.14. The summed E-state index contributed by atoms with van der Waals surface area (Å²) in [4.78, 5) is 11.8. The number of methoxy groups -OCH3 is 1. The van der Waals surface area contributed by atoms with Crippen molar-refractivity contribution in [1.82, 2.24) is 5.32 Å². The number of halogens is 1. The summed E-state index contributed by atoms with van der Waals surface area (Å²) < 4.78 is 6.08. The fourth-order valence-corrected chi connectivity index (χ4v) is 2.54. The van der Waals surface area contributed by atoms with Crippen molar-refractivity contribution in [3.63, 3.8) is 0 Å². The van der Waals surface area contributed by atoms with Crippen LogP contribution in [0.15, 0.2) is 53.0 Å². The number of nitrogens with one attached hydrogen (secondary N) is 2. The van der Waals surface area contributed by atoms with E-state index in [0.29, 0.717) is 13.0 Å². The van der Waals surface area contributed by atoms with E-state index in [1.165, 1.54) is 5.56 Å². The van der Waals surface area contributed by atoms with Gasteiger partial charge in [-0.2, -0.15) is 0 Å². The van der Waals surface area contributed by atoms with Gasteiger partial charge in [-0.15, -0.1) is 0 Å². The summed E-state index contributed by atoms with van der Waals surface area (Å²) in [6, 6.07) is 15.6. The molecule has 122 valence electrons. The molecule has 1 amide bonds. The maximum absolute atomic E-state index is 11.8. The van der Waals surface area contributed by atoms with Crippen molar-refractivity contribution in [2.24, 2.45) is 0 Å². The van der Waals surface area contributed by atoms with Crippen LogP contribution in [-0.2, 0) is 11.2 Å². The molecule has 4 nitrogen and oxygen atoms in total. The number of anilines is 1. The van der Waals surface area contributed by atoms with Gasteiger partial charge >= 0.3 is 0 Å². The largest absolute Gasteiger partial charge is 0.497 e. The molecule has 0 aliphatic rings. The summed E-state index contributed by atoms with van der Waals surface area (Å²) in [5.41, 5.74) is 2.06. The number of carbonyl (C=O) groups is 1. The Morgan fingerprint density at radius 2 is 1.91 bits per heavy atom. The Morgan fingerprint density at radius 1 is 1.13 bits per heavy atom. The van der Waals surface area contributed by atoms with Crippen LogP contribution in [0.3, 0.4) is 0 Å². The van der Waals surface area contributed by atoms with Crippen LogP contribution in [0, 0.1) is 0 Å². The van der Waals surface area contributed by atoms with Crippen molar-refractivity contribution in [3.05, 3.63) is 58.6 Å². The van der Waals surface area contributed by atoms with Gasteiger partial charge in [0.05, 0.1) is 7.11 Å². The lowest BCUT2D eigenvalue weighted by atomic mass is 10.1. The van der Waals surface area contributed by atoms with Gasteiger partial charge in [-0.3, -0.25) is 4.79 Å². The van der Waals surface area contributed by atoms with Crippen LogP contribution < -0.4 is 15.4 Å². The average molecular weight is 377 g/mol. The van der Waals surface area contributed by atoms with E-state index in [2.05, 4.69) is 38.7 Å². The van der Waals surface area contributed by atoms with Gasteiger partial charge in [0.25, 0.3) is 0 Å². The number of rotatable bonds is 8. The van der Waals surface area contributed by atoms with Crippen LogP contribution in [0.25, 0.3) is 0 Å². The molecule has 0 aliphatic heterocycles. The summed E-state index contributed by atoms with van der Waals surface area (Å²) in [7, 11) is 1.66. The first-order valence-corrected chi connectivity index (χ1v) is 8.36. The van der Waals surface area contributed by atoms with E-state index in [1.807, 2.05) is 36.4 Å². The minimum Gasteiger partial charge on any atom is -0.497 e. The van der Waals surface area contributed by atoms with Crippen molar-refractivity contribution >= 4 is 27.5 Å². The Bertz CT molecular complexity index is 629. The molecule has 0 saturated heterocycles. The van der Waals surface area contributed by atoms with Gasteiger partial charge in [-0.05, 0) is 48.9 Å².